The van der Waals surface area contributed by atoms with Crippen LogP contribution in [0.25, 0.3) is 22.3 Å². The minimum atomic E-state index is 0.583. The number of methoxy groups -OCH3 is 1. The quantitative estimate of drug-likeness (QED) is 0.666. The number of ether oxygens (including phenoxy) is 1. The van der Waals surface area contributed by atoms with Crippen LogP contribution in [0.5, 0.6) is 5.75 Å². The van der Waals surface area contributed by atoms with E-state index in [1.807, 2.05) is 49.4 Å². The van der Waals surface area contributed by atoms with Gasteiger partial charge in [0.2, 0.25) is 0 Å². The topological polar surface area (TPSA) is 39.4 Å². The average molecular weight is 266 g/mol. The van der Waals surface area contributed by atoms with Crippen molar-refractivity contribution in [2.75, 3.05) is 7.11 Å². The molecule has 1 aromatic heterocycles. The molecule has 0 unspecified atom stereocenters. The Bertz CT molecular complexity index is 767. The van der Waals surface area contributed by atoms with Crippen LogP contribution in [-0.4, -0.2) is 13.4 Å². The third kappa shape index (κ3) is 2.07. The first kappa shape index (κ1) is 12.5. The fraction of sp³-hybridized carbons (Fsp3) is 0.118. The van der Waals surface area contributed by atoms with E-state index in [0.29, 0.717) is 11.1 Å². The monoisotopic (exact) mass is 266 g/mol. The number of benzene rings is 2. The molecule has 3 heteroatoms. The number of hydrogen-bond donors (Lipinski definition) is 0. The third-order valence-electron chi connectivity index (χ3n) is 3.29. The summed E-state index contributed by atoms with van der Waals surface area (Å²) in [7, 11) is 1.63. The Kier molecular flexibility index (Phi) is 3.03. The number of carbonyl (C=O) groups is 1. The standard InChI is InChI=1S/C17H14O3/c1-11-7-13-9-16(20-17(13)14(8-11)10-18)12-3-5-15(19-2)6-4-12/h3-10H,1-2H3. The van der Waals surface area contributed by atoms with Crippen molar-refractivity contribution < 1.29 is 13.9 Å². The predicted octanol–water partition coefficient (Wildman–Crippen LogP) is 4.23. The van der Waals surface area contributed by atoms with E-state index in [2.05, 4.69) is 0 Å². The van der Waals surface area contributed by atoms with Crippen molar-refractivity contribution in [1.82, 2.24) is 0 Å². The SMILES string of the molecule is COc1ccc(-c2cc3cc(C)cc(C=O)c3o2)cc1. The van der Waals surface area contributed by atoms with Gasteiger partial charge in [0.15, 0.2) is 6.29 Å². The zero-order valence-electron chi connectivity index (χ0n) is 11.3. The Labute approximate surface area is 116 Å². The number of aryl methyl sites for hydroxylation is 1. The summed E-state index contributed by atoms with van der Waals surface area (Å²) >= 11 is 0. The number of aldehydes is 1. The highest BCUT2D eigenvalue weighted by atomic mass is 16.5. The zero-order valence-corrected chi connectivity index (χ0v) is 11.3. The lowest BCUT2D eigenvalue weighted by Gasteiger charge is -2.00. The zero-order chi connectivity index (χ0) is 14.1. The number of fused-ring (bicyclic) bond motifs is 1. The molecule has 0 radical (unpaired) electrons. The number of carbonyl (C=O) groups excluding carboxylic acids is 1. The van der Waals surface area contributed by atoms with E-state index in [1.165, 1.54) is 0 Å². The summed E-state index contributed by atoms with van der Waals surface area (Å²) in [4.78, 5) is 11.1. The maximum Gasteiger partial charge on any atom is 0.153 e. The molecule has 0 bridgehead atoms. The molecule has 0 saturated carbocycles. The molecule has 0 aliphatic rings. The van der Waals surface area contributed by atoms with Gasteiger partial charge in [-0.15, -0.1) is 0 Å². The molecule has 2 aromatic carbocycles. The first-order valence-corrected chi connectivity index (χ1v) is 6.35. The van der Waals surface area contributed by atoms with Gasteiger partial charge < -0.3 is 9.15 Å². The molecule has 0 aliphatic carbocycles. The normalized spacial score (nSPS) is 10.7. The molecule has 0 amide bonds. The van der Waals surface area contributed by atoms with Crippen LogP contribution in [0.4, 0.5) is 0 Å². The summed E-state index contributed by atoms with van der Waals surface area (Å²) in [6.45, 7) is 1.96. The molecule has 0 aliphatic heterocycles. The van der Waals surface area contributed by atoms with Gasteiger partial charge in [0.1, 0.15) is 17.1 Å². The Balaban J connectivity index is 2.14. The maximum atomic E-state index is 11.1. The Morgan fingerprint density at radius 3 is 2.50 bits per heavy atom. The lowest BCUT2D eigenvalue weighted by Crippen LogP contribution is -1.82. The molecule has 0 fully saturated rings. The van der Waals surface area contributed by atoms with Gasteiger partial charge in [0.05, 0.1) is 12.7 Å². The van der Waals surface area contributed by atoms with Gasteiger partial charge in [-0.1, -0.05) is 0 Å². The van der Waals surface area contributed by atoms with Gasteiger partial charge in [0, 0.05) is 10.9 Å². The Hall–Kier alpha value is -2.55. The highest BCUT2D eigenvalue weighted by molar-refractivity contribution is 5.97. The molecule has 3 nitrogen and oxygen atoms in total. The second-order valence-corrected chi connectivity index (χ2v) is 4.73. The molecular formula is C17H14O3. The second-order valence-electron chi connectivity index (χ2n) is 4.73. The fourth-order valence-corrected chi connectivity index (χ4v) is 2.32. The van der Waals surface area contributed by atoms with Gasteiger partial charge >= 0.3 is 0 Å². The van der Waals surface area contributed by atoms with Gasteiger partial charge in [0.25, 0.3) is 0 Å². The van der Waals surface area contributed by atoms with E-state index in [4.69, 9.17) is 9.15 Å². The predicted molar refractivity (Wildman–Crippen MR) is 78.3 cm³/mol. The van der Waals surface area contributed by atoms with Crippen molar-refractivity contribution in [2.45, 2.75) is 6.92 Å². The van der Waals surface area contributed by atoms with Crippen molar-refractivity contribution in [3.8, 4) is 17.1 Å². The summed E-state index contributed by atoms with van der Waals surface area (Å²) in [5.41, 5.74) is 3.22. The van der Waals surface area contributed by atoms with Crippen molar-refractivity contribution in [2.24, 2.45) is 0 Å². The van der Waals surface area contributed by atoms with Crippen LogP contribution in [0, 0.1) is 6.92 Å². The van der Waals surface area contributed by atoms with Crippen molar-refractivity contribution in [3.63, 3.8) is 0 Å². The molecule has 0 spiro atoms. The van der Waals surface area contributed by atoms with Crippen LogP contribution in [0.2, 0.25) is 0 Å². The van der Waals surface area contributed by atoms with Crippen molar-refractivity contribution in [3.05, 3.63) is 53.6 Å². The second kappa shape index (κ2) is 4.85. The summed E-state index contributed by atoms with van der Waals surface area (Å²) in [6.07, 6.45) is 0.830. The number of hydrogen-bond acceptors (Lipinski definition) is 3. The molecule has 20 heavy (non-hydrogen) atoms. The third-order valence-corrected chi connectivity index (χ3v) is 3.29. The van der Waals surface area contributed by atoms with Crippen LogP contribution in [0.1, 0.15) is 15.9 Å². The average Bonchev–Trinajstić information content (AvgIpc) is 2.90. The van der Waals surface area contributed by atoms with E-state index < -0.39 is 0 Å². The largest absolute Gasteiger partial charge is 0.497 e. The summed E-state index contributed by atoms with van der Waals surface area (Å²) in [5.74, 6) is 1.55. The van der Waals surface area contributed by atoms with Gasteiger partial charge in [-0.25, -0.2) is 0 Å². The van der Waals surface area contributed by atoms with Crippen molar-refractivity contribution >= 4 is 17.3 Å². The Morgan fingerprint density at radius 2 is 1.85 bits per heavy atom. The van der Waals surface area contributed by atoms with Gasteiger partial charge in [-0.05, 0) is 55.0 Å². The van der Waals surface area contributed by atoms with E-state index in [9.17, 15) is 4.79 Å². The fourth-order valence-electron chi connectivity index (χ4n) is 2.32. The molecule has 0 saturated heterocycles. The maximum absolute atomic E-state index is 11.1. The van der Waals surface area contributed by atoms with Crippen molar-refractivity contribution in [1.29, 1.82) is 0 Å². The molecule has 100 valence electrons. The van der Waals surface area contributed by atoms with E-state index >= 15 is 0 Å². The van der Waals surface area contributed by atoms with Crippen LogP contribution in [0.3, 0.4) is 0 Å². The lowest BCUT2D eigenvalue weighted by atomic mass is 10.1. The molecular weight excluding hydrogens is 252 g/mol. The van der Waals surface area contributed by atoms with Crippen LogP contribution < -0.4 is 4.74 Å². The molecule has 3 aromatic rings. The lowest BCUT2D eigenvalue weighted by molar-refractivity contribution is 0.112. The van der Waals surface area contributed by atoms with E-state index in [1.54, 1.807) is 7.11 Å². The van der Waals surface area contributed by atoms with Gasteiger partial charge in [-0.3, -0.25) is 4.79 Å². The smallest absolute Gasteiger partial charge is 0.153 e. The summed E-state index contributed by atoms with van der Waals surface area (Å²) < 4.78 is 11.0. The molecule has 3 rings (SSSR count). The first-order chi connectivity index (χ1) is 9.71. The van der Waals surface area contributed by atoms with E-state index in [-0.39, 0.29) is 0 Å². The minimum absolute atomic E-state index is 0.583. The molecule has 0 N–H and O–H groups in total. The highest BCUT2D eigenvalue weighted by Gasteiger charge is 2.10. The van der Waals surface area contributed by atoms with E-state index in [0.717, 1.165) is 34.3 Å². The first-order valence-electron chi connectivity index (χ1n) is 6.35. The molecule has 1 heterocycles. The van der Waals surface area contributed by atoms with Crippen LogP contribution in [0.15, 0.2) is 46.9 Å². The Morgan fingerprint density at radius 1 is 1.10 bits per heavy atom. The summed E-state index contributed by atoms with van der Waals surface area (Å²) in [5, 5.41) is 0.943. The molecule has 0 atom stereocenters. The van der Waals surface area contributed by atoms with Crippen LogP contribution >= 0.6 is 0 Å². The number of furan rings is 1. The van der Waals surface area contributed by atoms with Crippen LogP contribution in [-0.2, 0) is 0 Å². The minimum Gasteiger partial charge on any atom is -0.497 e. The summed E-state index contributed by atoms with van der Waals surface area (Å²) in [6, 6.07) is 13.4. The highest BCUT2D eigenvalue weighted by Crippen LogP contribution is 2.31. The number of rotatable bonds is 3. The van der Waals surface area contributed by atoms with Gasteiger partial charge in [-0.2, -0.15) is 0 Å².